The average Bonchev–Trinajstić information content (AvgIpc) is 0.917. The first kappa shape index (κ1) is 101. The van der Waals surface area contributed by atoms with Crippen LogP contribution in [0.1, 0.15) is 440 Å². The molecule has 17 nitrogen and oxygen atoms in total. The van der Waals surface area contributed by atoms with Crippen LogP contribution in [-0.2, 0) is 65.4 Å². The molecular weight excluding hydrogens is 1340 g/mol. The van der Waals surface area contributed by atoms with Crippen LogP contribution in [0.25, 0.3) is 0 Å². The molecule has 0 aromatic rings. The minimum Gasteiger partial charge on any atom is -0.462 e. The number of ether oxygens (including phenoxy) is 4. The van der Waals surface area contributed by atoms with Gasteiger partial charge in [-0.15, -0.1) is 0 Å². The maximum Gasteiger partial charge on any atom is 0.472 e. The third-order valence-corrected chi connectivity index (χ3v) is 21.9. The Morgan fingerprint density at radius 3 is 0.738 bits per heavy atom. The Morgan fingerprint density at radius 2 is 0.495 bits per heavy atom. The van der Waals surface area contributed by atoms with Gasteiger partial charge in [0.1, 0.15) is 19.3 Å². The minimum absolute atomic E-state index is 0.106. The Balaban J connectivity index is 5.23. The van der Waals surface area contributed by atoms with E-state index in [0.717, 1.165) is 108 Å². The number of rotatable bonds is 82. The van der Waals surface area contributed by atoms with E-state index in [4.69, 9.17) is 37.0 Å². The molecule has 0 spiro atoms. The highest BCUT2D eigenvalue weighted by atomic mass is 31.2. The Bertz CT molecular complexity index is 1990. The fourth-order valence-corrected chi connectivity index (χ4v) is 14.6. The van der Waals surface area contributed by atoms with Gasteiger partial charge in [-0.05, 0) is 43.4 Å². The zero-order valence-corrected chi connectivity index (χ0v) is 69.6. The number of phosphoric acid groups is 2. The number of hydrogen-bond acceptors (Lipinski definition) is 15. The molecule has 103 heavy (non-hydrogen) atoms. The lowest BCUT2D eigenvalue weighted by Crippen LogP contribution is -2.30. The van der Waals surface area contributed by atoms with Crippen molar-refractivity contribution in [1.82, 2.24) is 0 Å². The van der Waals surface area contributed by atoms with Gasteiger partial charge in [0.05, 0.1) is 26.4 Å². The van der Waals surface area contributed by atoms with E-state index >= 15 is 0 Å². The van der Waals surface area contributed by atoms with Crippen LogP contribution in [0.3, 0.4) is 0 Å². The second-order valence-electron chi connectivity index (χ2n) is 31.4. The molecule has 6 atom stereocenters. The Hall–Kier alpha value is -1.94. The van der Waals surface area contributed by atoms with Crippen molar-refractivity contribution in [2.24, 2.45) is 17.8 Å². The van der Waals surface area contributed by atoms with Gasteiger partial charge in [-0.1, -0.05) is 389 Å². The highest BCUT2D eigenvalue weighted by Gasteiger charge is 2.30. The SMILES string of the molecule is CCCCCCCCCCCCCCCCCCCCCCCC(=O)O[C@H](COC(=O)CCCCCCCCCCCCCCCCCC(C)C)COP(=O)(O)OC[C@@H](O)COP(=O)(O)OC[C@@H](COC(=O)CCCCCCCCCC(C)C)OC(=O)CCCCCCCCCCCCC(C)CC. The zero-order valence-electron chi connectivity index (χ0n) is 67.8. The van der Waals surface area contributed by atoms with Crippen LogP contribution >= 0.6 is 15.6 Å². The fourth-order valence-electron chi connectivity index (χ4n) is 13.0. The lowest BCUT2D eigenvalue weighted by Gasteiger charge is -2.21. The van der Waals surface area contributed by atoms with Crippen molar-refractivity contribution < 1.29 is 80.2 Å². The molecule has 0 aliphatic rings. The van der Waals surface area contributed by atoms with Crippen LogP contribution in [-0.4, -0.2) is 96.7 Å². The Morgan fingerprint density at radius 1 is 0.282 bits per heavy atom. The van der Waals surface area contributed by atoms with E-state index in [9.17, 15) is 43.2 Å². The molecular formula is C84H164O17P2. The van der Waals surface area contributed by atoms with Crippen LogP contribution < -0.4 is 0 Å². The topological polar surface area (TPSA) is 237 Å². The summed E-state index contributed by atoms with van der Waals surface area (Å²) in [6.45, 7) is 12.0. The number of carbonyl (C=O) groups excluding carboxylic acids is 4. The van der Waals surface area contributed by atoms with Crippen molar-refractivity contribution in [2.75, 3.05) is 39.6 Å². The summed E-state index contributed by atoms with van der Waals surface area (Å²) in [4.78, 5) is 73.1. The number of esters is 4. The normalized spacial score (nSPS) is 14.2. The van der Waals surface area contributed by atoms with Gasteiger partial charge in [0.25, 0.3) is 0 Å². The molecule has 0 aliphatic carbocycles. The third-order valence-electron chi connectivity index (χ3n) is 20.0. The quantitative estimate of drug-likeness (QED) is 0.0222. The van der Waals surface area contributed by atoms with E-state index in [0.29, 0.717) is 31.6 Å². The molecule has 0 amide bonds. The molecule has 0 radical (unpaired) electrons. The number of aliphatic hydroxyl groups is 1. The largest absolute Gasteiger partial charge is 0.472 e. The highest BCUT2D eigenvalue weighted by Crippen LogP contribution is 2.45. The van der Waals surface area contributed by atoms with E-state index < -0.39 is 97.5 Å². The molecule has 3 N–H and O–H groups in total. The number of carbonyl (C=O) groups is 4. The molecule has 0 heterocycles. The lowest BCUT2D eigenvalue weighted by molar-refractivity contribution is -0.161. The summed E-state index contributed by atoms with van der Waals surface area (Å²) in [7, 11) is -9.93. The zero-order chi connectivity index (χ0) is 75.8. The predicted molar refractivity (Wildman–Crippen MR) is 423 cm³/mol. The van der Waals surface area contributed by atoms with Gasteiger partial charge in [0.2, 0.25) is 0 Å². The van der Waals surface area contributed by atoms with Gasteiger partial charge in [-0.3, -0.25) is 37.3 Å². The molecule has 0 aromatic heterocycles. The number of aliphatic hydroxyl groups excluding tert-OH is 1. The van der Waals surface area contributed by atoms with Gasteiger partial charge in [0, 0.05) is 25.7 Å². The van der Waals surface area contributed by atoms with Crippen molar-refractivity contribution in [1.29, 1.82) is 0 Å². The average molecular weight is 1510 g/mol. The number of hydrogen-bond donors (Lipinski definition) is 3. The summed E-state index contributed by atoms with van der Waals surface area (Å²) in [6, 6.07) is 0. The van der Waals surface area contributed by atoms with Crippen LogP contribution in [0, 0.1) is 17.8 Å². The summed E-state index contributed by atoms with van der Waals surface area (Å²) < 4.78 is 68.8. The maximum atomic E-state index is 13.1. The van der Waals surface area contributed by atoms with E-state index in [1.807, 2.05) is 0 Å². The van der Waals surface area contributed by atoms with Crippen LogP contribution in [0.5, 0.6) is 0 Å². The number of unbranched alkanes of at least 4 members (excludes halogenated alkanes) is 49. The predicted octanol–water partition coefficient (Wildman–Crippen LogP) is 25.3. The van der Waals surface area contributed by atoms with E-state index in [-0.39, 0.29) is 25.7 Å². The van der Waals surface area contributed by atoms with Gasteiger partial charge in [-0.2, -0.15) is 0 Å². The molecule has 0 saturated carbocycles. The van der Waals surface area contributed by atoms with Crippen LogP contribution in [0.15, 0.2) is 0 Å². The molecule has 0 saturated heterocycles. The standard InChI is InChI=1S/C84H164O17P2/c1-8-10-11-12-13-14-15-16-17-18-19-20-21-22-25-29-32-38-45-53-60-67-83(88)100-79(71-94-81(86)65-58-51-44-37-31-28-26-23-24-27-30-35-41-48-55-62-75(3)4)73-98-102(90,91)96-69-78(85)70-97-103(92,93)99-74-80(72-95-82(87)66-59-52-47-40-42-49-56-63-76(5)6)101-84(89)68-61-54-46-39-34-33-36-43-50-57-64-77(7)9-2/h75-80,85H,8-74H2,1-7H3,(H,90,91)(H,92,93)/t77?,78-,79-,80-/m1/s1. The summed E-state index contributed by atoms with van der Waals surface area (Å²) in [6.07, 6.45) is 64.0. The van der Waals surface area contributed by atoms with Gasteiger partial charge in [-0.25, -0.2) is 9.13 Å². The van der Waals surface area contributed by atoms with E-state index in [1.165, 1.54) is 244 Å². The summed E-state index contributed by atoms with van der Waals surface area (Å²) in [5, 5.41) is 10.7. The van der Waals surface area contributed by atoms with Crippen molar-refractivity contribution in [3.63, 3.8) is 0 Å². The molecule has 19 heteroatoms. The highest BCUT2D eigenvalue weighted by molar-refractivity contribution is 7.47. The van der Waals surface area contributed by atoms with Crippen molar-refractivity contribution in [2.45, 2.75) is 458 Å². The summed E-state index contributed by atoms with van der Waals surface area (Å²) in [5.41, 5.74) is 0. The molecule has 0 fully saturated rings. The van der Waals surface area contributed by atoms with E-state index in [2.05, 4.69) is 48.5 Å². The molecule has 0 aliphatic heterocycles. The summed E-state index contributed by atoms with van der Waals surface area (Å²) in [5.74, 6) is 0.205. The second-order valence-corrected chi connectivity index (χ2v) is 34.3. The smallest absolute Gasteiger partial charge is 0.462 e. The lowest BCUT2D eigenvalue weighted by atomic mass is 9.99. The minimum atomic E-state index is -4.96. The first-order valence-electron chi connectivity index (χ1n) is 43.4. The monoisotopic (exact) mass is 1510 g/mol. The van der Waals surface area contributed by atoms with Crippen LogP contribution in [0.4, 0.5) is 0 Å². The van der Waals surface area contributed by atoms with Crippen molar-refractivity contribution >= 4 is 39.5 Å². The van der Waals surface area contributed by atoms with Crippen molar-refractivity contribution in [3.05, 3.63) is 0 Å². The molecule has 612 valence electrons. The first-order valence-corrected chi connectivity index (χ1v) is 46.4. The van der Waals surface area contributed by atoms with Gasteiger partial charge in [0.15, 0.2) is 12.2 Å². The summed E-state index contributed by atoms with van der Waals surface area (Å²) >= 11 is 0. The van der Waals surface area contributed by atoms with Gasteiger partial charge >= 0.3 is 39.5 Å². The Labute approximate surface area is 632 Å². The Kier molecular flexibility index (Phi) is 72.8. The number of phosphoric ester groups is 2. The van der Waals surface area contributed by atoms with Crippen molar-refractivity contribution in [3.8, 4) is 0 Å². The van der Waals surface area contributed by atoms with E-state index in [1.54, 1.807) is 0 Å². The molecule has 3 unspecified atom stereocenters. The van der Waals surface area contributed by atoms with Gasteiger partial charge < -0.3 is 33.8 Å². The maximum absolute atomic E-state index is 13.1. The fraction of sp³-hybridized carbons (Fsp3) is 0.952. The third kappa shape index (κ3) is 76.6. The molecule has 0 aromatic carbocycles. The molecule has 0 bridgehead atoms. The molecule has 0 rings (SSSR count). The first-order chi connectivity index (χ1) is 49.8. The second kappa shape index (κ2) is 74.2. The van der Waals surface area contributed by atoms with Crippen LogP contribution in [0.2, 0.25) is 0 Å².